The van der Waals surface area contributed by atoms with Crippen molar-refractivity contribution in [2.24, 2.45) is 5.89 Å². The second kappa shape index (κ2) is 1.90. The van der Waals surface area contributed by atoms with E-state index < -0.39 is 25.2 Å². The number of nitrogens with one attached hydrogen (secondary N) is 1. The molecule has 1 aliphatic carbocycles. The molecule has 2 unspecified atom stereocenters. The Balaban J connectivity index is 2.66. The molecule has 2 aliphatic rings. The molecule has 0 saturated carbocycles. The molecular formula is C8H11N. The lowest BCUT2D eigenvalue weighted by Gasteiger charge is -2.10. The highest BCUT2D eigenvalue weighted by Gasteiger charge is 2.19. The van der Waals surface area contributed by atoms with Gasteiger partial charge in [0, 0.05) is 26.3 Å². The third-order valence-electron chi connectivity index (χ3n) is 1.27. The van der Waals surface area contributed by atoms with E-state index in [4.69, 9.17) is 9.64 Å². The topological polar surface area (TPSA) is 12.0 Å². The molecule has 9 heavy (non-hydrogen) atoms. The molecule has 0 aromatic rings. The molecule has 1 saturated heterocycles. The lowest BCUT2D eigenvalue weighted by atomic mass is 9.97. The van der Waals surface area contributed by atoms with Crippen LogP contribution in [0.15, 0.2) is 23.9 Å². The Morgan fingerprint density at radius 3 is 3.89 bits per heavy atom. The molecule has 2 atom stereocenters. The fraction of sp³-hybridized carbons (Fsp3) is 0.500. The molecule has 0 aromatic heterocycles. The van der Waals surface area contributed by atoms with Crippen LogP contribution in [0.3, 0.4) is 0 Å². The molecule has 2 rings (SSSR count). The maximum absolute atomic E-state index is 8.05. The predicted octanol–water partition coefficient (Wildman–Crippen LogP) is 1.44. The number of fused-ring (bicyclic) bond motifs is 1. The standard InChI is InChI=1S/C8H11N/c1-2-4-8-7(3-1)5-6-9-8/h1-2,4,7,9H,3,5-6H2/i3D,5D2,6D2,7D/hD. The predicted molar refractivity (Wildman–Crippen MR) is 37.9 cm³/mol. The summed E-state index contributed by atoms with van der Waals surface area (Å²) >= 11 is 0. The molecule has 48 valence electrons. The summed E-state index contributed by atoms with van der Waals surface area (Å²) in [6, 6.07) is 0. The van der Waals surface area contributed by atoms with Gasteiger partial charge in [-0.3, -0.25) is 0 Å². The first kappa shape index (κ1) is 1.66. The minimum absolute atomic E-state index is 0.106. The van der Waals surface area contributed by atoms with Crippen LogP contribution in [0, 0.1) is 5.89 Å². The van der Waals surface area contributed by atoms with Gasteiger partial charge in [-0.2, -0.15) is 0 Å². The first-order chi connectivity index (χ1) is 7.17. The SMILES string of the molecule is [2H]C1C=CC=C2N([2H])C([2H])([2H])C([2H])([2H])C21[2H]. The van der Waals surface area contributed by atoms with Crippen LogP contribution in [-0.2, 0) is 0 Å². The normalized spacial score (nSPS) is 71.1. The van der Waals surface area contributed by atoms with Crippen LogP contribution in [0.5, 0.6) is 0 Å². The third-order valence-corrected chi connectivity index (χ3v) is 1.27. The van der Waals surface area contributed by atoms with Crippen molar-refractivity contribution in [3.63, 3.8) is 0 Å². The van der Waals surface area contributed by atoms with Crippen molar-refractivity contribution in [2.75, 3.05) is 6.50 Å². The van der Waals surface area contributed by atoms with Gasteiger partial charge in [0.25, 0.3) is 0 Å². The van der Waals surface area contributed by atoms with Gasteiger partial charge in [0.2, 0.25) is 0 Å². The van der Waals surface area contributed by atoms with Gasteiger partial charge in [0.05, 0.1) is 0 Å². The molecular weight excluding hydrogens is 110 g/mol. The third kappa shape index (κ3) is 0.766. The Hall–Kier alpha value is -0.720. The van der Waals surface area contributed by atoms with Crippen LogP contribution < -0.4 is 5.31 Å². The molecule has 1 aliphatic heterocycles. The minimum Gasteiger partial charge on any atom is -0.388 e. The molecule has 1 N–H and O–H groups in total. The largest absolute Gasteiger partial charge is 0.388 e. The van der Waals surface area contributed by atoms with Crippen LogP contribution in [0.1, 0.15) is 21.0 Å². The van der Waals surface area contributed by atoms with E-state index in [9.17, 15) is 0 Å². The van der Waals surface area contributed by atoms with Gasteiger partial charge < -0.3 is 5.31 Å². The van der Waals surface area contributed by atoms with Crippen molar-refractivity contribution in [2.45, 2.75) is 12.8 Å². The van der Waals surface area contributed by atoms with Crippen LogP contribution in [-0.4, -0.2) is 6.50 Å². The Labute approximate surface area is 65.3 Å². The highest BCUT2D eigenvalue weighted by molar-refractivity contribution is 5.21. The average molecular weight is 128 g/mol. The van der Waals surface area contributed by atoms with Crippen molar-refractivity contribution < 1.29 is 9.64 Å². The van der Waals surface area contributed by atoms with Crippen molar-refractivity contribution >= 4 is 0 Å². The van der Waals surface area contributed by atoms with E-state index in [0.29, 0.717) is 5.31 Å². The van der Waals surface area contributed by atoms with E-state index in [0.717, 1.165) is 0 Å². The van der Waals surface area contributed by atoms with Crippen LogP contribution in [0.2, 0.25) is 1.41 Å². The van der Waals surface area contributed by atoms with Crippen LogP contribution in [0.25, 0.3) is 0 Å². The molecule has 1 heteroatoms. The fourth-order valence-electron chi connectivity index (χ4n) is 0.825. The van der Waals surface area contributed by atoms with Gasteiger partial charge in [0.15, 0.2) is 1.41 Å². The molecule has 1 nitrogen and oxygen atoms in total. The summed E-state index contributed by atoms with van der Waals surface area (Å²) in [5.74, 6) is -2.06. The summed E-state index contributed by atoms with van der Waals surface area (Å²) in [4.78, 5) is 0. The summed E-state index contributed by atoms with van der Waals surface area (Å²) in [6.07, 6.45) is 0.300. The van der Waals surface area contributed by atoms with E-state index in [2.05, 4.69) is 0 Å². The molecule has 0 aromatic carbocycles. The van der Waals surface area contributed by atoms with Gasteiger partial charge >= 0.3 is 0 Å². The molecule has 1 fully saturated rings. The molecule has 0 bridgehead atoms. The van der Waals surface area contributed by atoms with E-state index in [1.807, 2.05) is 0 Å². The van der Waals surface area contributed by atoms with E-state index in [-0.39, 0.29) is 5.70 Å². The average Bonchev–Trinajstić information content (AvgIpc) is 2.29. The van der Waals surface area contributed by atoms with Gasteiger partial charge in [-0.1, -0.05) is 12.2 Å². The van der Waals surface area contributed by atoms with Gasteiger partial charge in [-0.25, -0.2) is 0 Å². The quantitative estimate of drug-likeness (QED) is 0.520. The molecule has 0 radical (unpaired) electrons. The first-order valence-electron chi connectivity index (χ1n) is 6.30. The zero-order chi connectivity index (χ0) is 12.4. The summed E-state index contributed by atoms with van der Waals surface area (Å²) < 4.78 is 53.8. The Bertz CT molecular complexity index is 388. The number of allylic oxidation sites excluding steroid dienone is 4. The number of hydrogen-bond acceptors (Lipinski definition) is 1. The Morgan fingerprint density at radius 1 is 2.00 bits per heavy atom. The lowest BCUT2D eigenvalue weighted by molar-refractivity contribution is 0.646. The summed E-state index contributed by atoms with van der Waals surface area (Å²) in [5, 5.41) is 0.380. The van der Waals surface area contributed by atoms with Crippen LogP contribution in [0.4, 0.5) is 0 Å². The number of rotatable bonds is 0. The molecule has 1 heterocycles. The van der Waals surface area contributed by atoms with Gasteiger partial charge in [-0.05, 0) is 18.8 Å². The summed E-state index contributed by atoms with van der Waals surface area (Å²) in [7, 11) is 0. The van der Waals surface area contributed by atoms with Crippen molar-refractivity contribution in [1.82, 2.24) is 5.31 Å². The van der Waals surface area contributed by atoms with E-state index in [1.165, 1.54) is 18.2 Å². The van der Waals surface area contributed by atoms with Gasteiger partial charge in [0.1, 0.15) is 0 Å². The number of hydrogen-bond donors (Lipinski definition) is 1. The second-order valence-corrected chi connectivity index (χ2v) is 1.87. The van der Waals surface area contributed by atoms with Crippen LogP contribution >= 0.6 is 0 Å². The Morgan fingerprint density at radius 2 is 3.00 bits per heavy atom. The monoisotopic (exact) mass is 128 g/mol. The lowest BCUT2D eigenvalue weighted by Crippen LogP contribution is -2.07. The van der Waals surface area contributed by atoms with E-state index in [1.54, 1.807) is 0 Å². The molecule has 0 amide bonds. The summed E-state index contributed by atoms with van der Waals surface area (Å²) in [6.45, 7) is -2.61. The maximum Gasteiger partial charge on any atom is 0.160 e. The Kier molecular flexibility index (Phi) is 0.350. The van der Waals surface area contributed by atoms with Crippen molar-refractivity contribution in [3.05, 3.63) is 23.9 Å². The summed E-state index contributed by atoms with van der Waals surface area (Å²) in [5.41, 5.74) is -0.106. The zero-order valence-corrected chi connectivity index (χ0v) is 4.76. The smallest absolute Gasteiger partial charge is 0.160 e. The van der Waals surface area contributed by atoms with Crippen molar-refractivity contribution in [3.8, 4) is 0 Å². The highest BCUT2D eigenvalue weighted by atomic mass is 14.9. The highest BCUT2D eigenvalue weighted by Crippen LogP contribution is 2.25. The van der Waals surface area contributed by atoms with Gasteiger partial charge in [-0.15, -0.1) is 0 Å². The minimum atomic E-state index is -2.61. The first-order valence-corrected chi connectivity index (χ1v) is 2.77. The maximum atomic E-state index is 8.05. The molecule has 0 spiro atoms. The fourth-order valence-corrected chi connectivity index (χ4v) is 0.825. The zero-order valence-electron chi connectivity index (χ0n) is 11.8. The van der Waals surface area contributed by atoms with E-state index >= 15 is 0 Å². The van der Waals surface area contributed by atoms with Crippen molar-refractivity contribution in [1.29, 1.82) is 0 Å². The second-order valence-electron chi connectivity index (χ2n) is 1.87.